The number of anilines is 1. The van der Waals surface area contributed by atoms with Crippen LogP contribution in [0.5, 0.6) is 0 Å². The van der Waals surface area contributed by atoms with Crippen molar-refractivity contribution in [2.75, 3.05) is 25.0 Å². The SMILES string of the molecule is CC(C)(C)c1ccc(=O)n(CCN2CCCCC2CNc2nncs2)n1. The van der Waals surface area contributed by atoms with Gasteiger partial charge < -0.3 is 5.32 Å². The maximum absolute atomic E-state index is 12.2. The highest BCUT2D eigenvalue weighted by molar-refractivity contribution is 7.13. The summed E-state index contributed by atoms with van der Waals surface area (Å²) in [5.41, 5.74) is 2.60. The van der Waals surface area contributed by atoms with E-state index in [2.05, 4.69) is 46.3 Å². The molecule has 1 saturated heterocycles. The first-order valence-corrected chi connectivity index (χ1v) is 10.1. The van der Waals surface area contributed by atoms with E-state index in [0.717, 1.165) is 36.9 Å². The van der Waals surface area contributed by atoms with Crippen LogP contribution in [0.15, 0.2) is 22.4 Å². The van der Waals surface area contributed by atoms with Crippen LogP contribution >= 0.6 is 11.3 Å². The first kappa shape index (κ1) is 19.0. The van der Waals surface area contributed by atoms with Crippen molar-refractivity contribution in [1.29, 1.82) is 0 Å². The summed E-state index contributed by atoms with van der Waals surface area (Å²) in [6.45, 7) is 9.73. The number of nitrogens with zero attached hydrogens (tertiary/aromatic N) is 5. The number of rotatable bonds is 6. The Balaban J connectivity index is 1.62. The van der Waals surface area contributed by atoms with Crippen molar-refractivity contribution in [3.05, 3.63) is 33.7 Å². The molecule has 0 aromatic carbocycles. The van der Waals surface area contributed by atoms with Gasteiger partial charge in [0.2, 0.25) is 5.13 Å². The van der Waals surface area contributed by atoms with Crippen LogP contribution in [0.4, 0.5) is 5.13 Å². The second kappa shape index (κ2) is 8.26. The van der Waals surface area contributed by atoms with Crippen molar-refractivity contribution in [3.63, 3.8) is 0 Å². The van der Waals surface area contributed by atoms with E-state index >= 15 is 0 Å². The third-order valence-electron chi connectivity index (χ3n) is 4.83. The fourth-order valence-electron chi connectivity index (χ4n) is 3.27. The first-order chi connectivity index (χ1) is 12.4. The van der Waals surface area contributed by atoms with Gasteiger partial charge in [-0.05, 0) is 25.5 Å². The molecule has 1 N–H and O–H groups in total. The molecule has 1 fully saturated rings. The van der Waals surface area contributed by atoms with Gasteiger partial charge in [-0.2, -0.15) is 5.10 Å². The van der Waals surface area contributed by atoms with Gasteiger partial charge in [-0.3, -0.25) is 9.69 Å². The quantitative estimate of drug-likeness (QED) is 0.834. The van der Waals surface area contributed by atoms with E-state index in [1.165, 1.54) is 24.2 Å². The van der Waals surface area contributed by atoms with Gasteiger partial charge in [0.1, 0.15) is 5.51 Å². The van der Waals surface area contributed by atoms with Gasteiger partial charge in [0.25, 0.3) is 5.56 Å². The molecule has 8 heteroatoms. The molecule has 1 aliphatic rings. The van der Waals surface area contributed by atoms with Gasteiger partial charge in [-0.1, -0.05) is 38.5 Å². The summed E-state index contributed by atoms with van der Waals surface area (Å²) in [5, 5.41) is 16.7. The smallest absolute Gasteiger partial charge is 0.266 e. The predicted molar refractivity (Wildman–Crippen MR) is 105 cm³/mol. The summed E-state index contributed by atoms with van der Waals surface area (Å²) < 4.78 is 1.62. The molecule has 142 valence electrons. The van der Waals surface area contributed by atoms with Crippen molar-refractivity contribution in [2.45, 2.75) is 58.0 Å². The largest absolute Gasteiger partial charge is 0.359 e. The van der Waals surface area contributed by atoms with Crippen molar-refractivity contribution in [3.8, 4) is 0 Å². The molecule has 0 bridgehead atoms. The van der Waals surface area contributed by atoms with Gasteiger partial charge in [0.05, 0.1) is 12.2 Å². The van der Waals surface area contributed by atoms with Crippen LogP contribution in [0.25, 0.3) is 0 Å². The van der Waals surface area contributed by atoms with Crippen LogP contribution in [0, 0.1) is 0 Å². The van der Waals surface area contributed by atoms with Gasteiger partial charge in [0, 0.05) is 30.6 Å². The van der Waals surface area contributed by atoms with Crippen LogP contribution in [0.3, 0.4) is 0 Å². The predicted octanol–water partition coefficient (Wildman–Crippen LogP) is 2.36. The van der Waals surface area contributed by atoms with E-state index in [9.17, 15) is 4.79 Å². The maximum Gasteiger partial charge on any atom is 0.266 e. The zero-order chi connectivity index (χ0) is 18.6. The average Bonchev–Trinajstić information content (AvgIpc) is 3.12. The minimum atomic E-state index is -0.0607. The lowest BCUT2D eigenvalue weighted by Crippen LogP contribution is -2.45. The first-order valence-electron chi connectivity index (χ1n) is 9.26. The summed E-state index contributed by atoms with van der Waals surface area (Å²) in [6.07, 6.45) is 3.62. The van der Waals surface area contributed by atoms with Crippen molar-refractivity contribution in [2.24, 2.45) is 0 Å². The van der Waals surface area contributed by atoms with Crippen LogP contribution in [-0.2, 0) is 12.0 Å². The monoisotopic (exact) mass is 376 g/mol. The third-order valence-corrected chi connectivity index (χ3v) is 5.48. The fourth-order valence-corrected chi connectivity index (χ4v) is 3.73. The van der Waals surface area contributed by atoms with Crippen LogP contribution in [-0.4, -0.2) is 50.6 Å². The molecule has 2 aromatic rings. The molecule has 1 aliphatic heterocycles. The molecule has 7 nitrogen and oxygen atoms in total. The Morgan fingerprint density at radius 3 is 2.85 bits per heavy atom. The summed E-state index contributed by atoms with van der Waals surface area (Å²) in [5.74, 6) is 0. The minimum absolute atomic E-state index is 0.0291. The Bertz CT molecular complexity index is 752. The fraction of sp³-hybridized carbons (Fsp3) is 0.667. The molecule has 1 atom stereocenters. The Labute approximate surface area is 158 Å². The van der Waals surface area contributed by atoms with Crippen molar-refractivity contribution < 1.29 is 0 Å². The molecule has 26 heavy (non-hydrogen) atoms. The Morgan fingerprint density at radius 1 is 1.27 bits per heavy atom. The summed E-state index contributed by atoms with van der Waals surface area (Å²) in [6, 6.07) is 3.93. The maximum atomic E-state index is 12.2. The second-order valence-corrected chi connectivity index (χ2v) is 8.67. The lowest BCUT2D eigenvalue weighted by molar-refractivity contribution is 0.147. The molecule has 0 aliphatic carbocycles. The summed E-state index contributed by atoms with van der Waals surface area (Å²) in [4.78, 5) is 14.7. The van der Waals surface area contributed by atoms with E-state index in [-0.39, 0.29) is 11.0 Å². The van der Waals surface area contributed by atoms with Crippen molar-refractivity contribution >= 4 is 16.5 Å². The number of hydrogen-bond acceptors (Lipinski definition) is 7. The number of likely N-dealkylation sites (tertiary alicyclic amines) is 1. The molecule has 0 saturated carbocycles. The number of piperidine rings is 1. The highest BCUT2D eigenvalue weighted by atomic mass is 32.1. The Morgan fingerprint density at radius 2 is 2.12 bits per heavy atom. The van der Waals surface area contributed by atoms with Crippen LogP contribution in [0.1, 0.15) is 45.7 Å². The molecule has 3 rings (SSSR count). The molecular formula is C18H28N6OS. The standard InChI is InChI=1S/C18H28N6OS/c1-18(2,3)15-7-8-16(25)24(22-15)11-10-23-9-5-4-6-14(23)12-19-17-21-20-13-26-17/h7-8,13-14H,4-6,9-12H2,1-3H3,(H,19,21). The van der Waals surface area contributed by atoms with Gasteiger partial charge in [0.15, 0.2) is 0 Å². The highest BCUT2D eigenvalue weighted by Crippen LogP contribution is 2.19. The van der Waals surface area contributed by atoms with E-state index in [1.54, 1.807) is 16.3 Å². The topological polar surface area (TPSA) is 75.9 Å². The second-order valence-electron chi connectivity index (χ2n) is 7.84. The van der Waals surface area contributed by atoms with Gasteiger partial charge in [-0.15, -0.1) is 10.2 Å². The molecule has 2 aromatic heterocycles. The minimum Gasteiger partial charge on any atom is -0.359 e. The van der Waals surface area contributed by atoms with E-state index in [1.807, 2.05) is 6.07 Å². The zero-order valence-electron chi connectivity index (χ0n) is 15.8. The Hall–Kier alpha value is -1.80. The summed E-state index contributed by atoms with van der Waals surface area (Å²) in [7, 11) is 0. The van der Waals surface area contributed by atoms with Crippen LogP contribution < -0.4 is 10.9 Å². The molecule has 3 heterocycles. The molecular weight excluding hydrogens is 348 g/mol. The number of aromatic nitrogens is 4. The summed E-state index contributed by atoms with van der Waals surface area (Å²) >= 11 is 1.52. The molecule has 0 spiro atoms. The third kappa shape index (κ3) is 4.88. The van der Waals surface area contributed by atoms with Gasteiger partial charge >= 0.3 is 0 Å². The van der Waals surface area contributed by atoms with E-state index in [0.29, 0.717) is 12.6 Å². The van der Waals surface area contributed by atoms with Crippen LogP contribution in [0.2, 0.25) is 0 Å². The molecule has 1 unspecified atom stereocenters. The van der Waals surface area contributed by atoms with E-state index in [4.69, 9.17) is 0 Å². The van der Waals surface area contributed by atoms with Gasteiger partial charge in [-0.25, -0.2) is 4.68 Å². The lowest BCUT2D eigenvalue weighted by Gasteiger charge is -2.35. The normalized spacial score (nSPS) is 18.8. The molecule has 0 radical (unpaired) electrons. The number of hydrogen-bond donors (Lipinski definition) is 1. The lowest BCUT2D eigenvalue weighted by atomic mass is 9.92. The highest BCUT2D eigenvalue weighted by Gasteiger charge is 2.23. The Kier molecular flexibility index (Phi) is 6.03. The molecule has 0 amide bonds. The zero-order valence-corrected chi connectivity index (χ0v) is 16.6. The number of nitrogens with one attached hydrogen (secondary N) is 1. The average molecular weight is 377 g/mol. The van der Waals surface area contributed by atoms with Crippen molar-refractivity contribution in [1.82, 2.24) is 24.9 Å². The van der Waals surface area contributed by atoms with E-state index < -0.39 is 0 Å².